The van der Waals surface area contributed by atoms with Gasteiger partial charge in [0.1, 0.15) is 5.70 Å². The Kier molecular flexibility index (Phi) is 6.01. The van der Waals surface area contributed by atoms with Crippen LogP contribution >= 0.6 is 27.3 Å². The van der Waals surface area contributed by atoms with Gasteiger partial charge in [0.15, 0.2) is 0 Å². The highest BCUT2D eigenvalue weighted by Gasteiger charge is 2.22. The maximum Gasteiger partial charge on any atom is 0.270 e. The predicted octanol–water partition coefficient (Wildman–Crippen LogP) is 3.14. The van der Waals surface area contributed by atoms with Gasteiger partial charge in [-0.1, -0.05) is 34.1 Å². The fourth-order valence-corrected chi connectivity index (χ4v) is 3.29. The Hall–Kier alpha value is -1.96. The van der Waals surface area contributed by atoms with Crippen LogP contribution < -0.4 is 5.32 Å². The Morgan fingerprint density at radius 1 is 1.16 bits per heavy atom. The number of rotatable bonds is 4. The summed E-state index contributed by atoms with van der Waals surface area (Å²) in [6.45, 7) is 2.06. The van der Waals surface area contributed by atoms with Crippen LogP contribution in [0.15, 0.2) is 51.9 Å². The summed E-state index contributed by atoms with van der Waals surface area (Å²) < 4.78 is 6.25. The standard InChI is InChI=1S/C18H17BrN2O3S/c19-14-5-3-13(4-6-14)12-15(18(23)21-7-9-24-10-8-21)20-17(22)16-2-1-11-25-16/h1-6,11-12H,7-10H2,(H,20,22)/b15-12+. The molecule has 1 N–H and O–H groups in total. The van der Waals surface area contributed by atoms with Crippen LogP contribution in [0.25, 0.3) is 6.08 Å². The molecule has 0 radical (unpaired) electrons. The van der Waals surface area contributed by atoms with E-state index in [1.165, 1.54) is 11.3 Å². The third kappa shape index (κ3) is 4.78. The Morgan fingerprint density at radius 3 is 2.52 bits per heavy atom. The van der Waals surface area contributed by atoms with Gasteiger partial charge in [0.25, 0.3) is 11.8 Å². The van der Waals surface area contributed by atoms with E-state index in [-0.39, 0.29) is 17.5 Å². The van der Waals surface area contributed by atoms with Gasteiger partial charge >= 0.3 is 0 Å². The van der Waals surface area contributed by atoms with E-state index < -0.39 is 0 Å². The molecule has 0 unspecified atom stereocenters. The molecule has 0 atom stereocenters. The van der Waals surface area contributed by atoms with Gasteiger partial charge in [-0.05, 0) is 35.2 Å². The number of amides is 2. The highest BCUT2D eigenvalue weighted by Crippen LogP contribution is 2.15. The molecular weight excluding hydrogens is 404 g/mol. The van der Waals surface area contributed by atoms with E-state index in [1.54, 1.807) is 17.0 Å². The number of ether oxygens (including phenoxy) is 1. The number of hydrogen-bond acceptors (Lipinski definition) is 4. The molecule has 1 saturated heterocycles. The highest BCUT2D eigenvalue weighted by atomic mass is 79.9. The molecule has 3 rings (SSSR count). The van der Waals surface area contributed by atoms with Gasteiger partial charge in [-0.15, -0.1) is 11.3 Å². The van der Waals surface area contributed by atoms with E-state index in [0.29, 0.717) is 31.2 Å². The first-order valence-corrected chi connectivity index (χ1v) is 9.50. The lowest BCUT2D eigenvalue weighted by atomic mass is 10.1. The van der Waals surface area contributed by atoms with Gasteiger partial charge in [-0.3, -0.25) is 9.59 Å². The first kappa shape index (κ1) is 17.8. The molecule has 130 valence electrons. The van der Waals surface area contributed by atoms with Crippen LogP contribution in [0, 0.1) is 0 Å². The fraction of sp³-hybridized carbons (Fsp3) is 0.222. The van der Waals surface area contributed by atoms with Crippen molar-refractivity contribution in [3.63, 3.8) is 0 Å². The molecule has 2 amide bonds. The Bertz CT molecular complexity index is 766. The van der Waals surface area contributed by atoms with Gasteiger partial charge in [0.2, 0.25) is 0 Å². The van der Waals surface area contributed by atoms with Crippen LogP contribution in [0.5, 0.6) is 0 Å². The van der Waals surface area contributed by atoms with Crippen molar-refractivity contribution >= 4 is 45.2 Å². The van der Waals surface area contributed by atoms with E-state index in [1.807, 2.05) is 35.7 Å². The quantitative estimate of drug-likeness (QED) is 0.772. The zero-order valence-electron chi connectivity index (χ0n) is 13.4. The molecule has 0 saturated carbocycles. The third-order valence-corrected chi connectivity index (χ3v) is 5.10. The number of hydrogen-bond donors (Lipinski definition) is 1. The van der Waals surface area contributed by atoms with Crippen molar-refractivity contribution in [1.29, 1.82) is 0 Å². The number of nitrogens with zero attached hydrogens (tertiary/aromatic N) is 1. The van der Waals surface area contributed by atoms with Crippen molar-refractivity contribution in [2.45, 2.75) is 0 Å². The predicted molar refractivity (Wildman–Crippen MR) is 101 cm³/mol. The highest BCUT2D eigenvalue weighted by molar-refractivity contribution is 9.10. The van der Waals surface area contributed by atoms with Gasteiger partial charge in [0.05, 0.1) is 18.1 Å². The molecule has 25 heavy (non-hydrogen) atoms. The molecule has 7 heteroatoms. The Morgan fingerprint density at radius 2 is 1.88 bits per heavy atom. The van der Waals surface area contributed by atoms with Crippen LogP contribution in [-0.4, -0.2) is 43.0 Å². The molecular formula is C18H17BrN2O3S. The smallest absolute Gasteiger partial charge is 0.270 e. The molecule has 1 aliphatic rings. The van der Waals surface area contributed by atoms with Crippen molar-refractivity contribution in [3.8, 4) is 0 Å². The zero-order valence-corrected chi connectivity index (χ0v) is 15.8. The molecule has 5 nitrogen and oxygen atoms in total. The van der Waals surface area contributed by atoms with Crippen molar-refractivity contribution < 1.29 is 14.3 Å². The minimum Gasteiger partial charge on any atom is -0.378 e. The summed E-state index contributed by atoms with van der Waals surface area (Å²) in [6, 6.07) is 11.1. The van der Waals surface area contributed by atoms with E-state index in [4.69, 9.17) is 4.74 Å². The monoisotopic (exact) mass is 420 g/mol. The summed E-state index contributed by atoms with van der Waals surface area (Å²) in [7, 11) is 0. The molecule has 1 fully saturated rings. The SMILES string of the molecule is O=C(N/C(=C/c1ccc(Br)cc1)C(=O)N1CCOCC1)c1cccs1. The van der Waals surface area contributed by atoms with Crippen LogP contribution in [0.2, 0.25) is 0 Å². The number of nitrogens with one attached hydrogen (secondary N) is 1. The summed E-state index contributed by atoms with van der Waals surface area (Å²) in [5.74, 6) is -0.476. The lowest BCUT2D eigenvalue weighted by Gasteiger charge is -2.27. The summed E-state index contributed by atoms with van der Waals surface area (Å²) >= 11 is 4.73. The summed E-state index contributed by atoms with van der Waals surface area (Å²) in [5.41, 5.74) is 1.11. The second-order valence-corrected chi connectivity index (χ2v) is 7.31. The van der Waals surface area contributed by atoms with E-state index in [2.05, 4.69) is 21.2 Å². The van der Waals surface area contributed by atoms with E-state index in [9.17, 15) is 9.59 Å². The number of carbonyl (C=O) groups excluding carboxylic acids is 2. The molecule has 0 spiro atoms. The number of carbonyl (C=O) groups is 2. The third-order valence-electron chi connectivity index (χ3n) is 3.70. The van der Waals surface area contributed by atoms with Gasteiger partial charge < -0.3 is 15.0 Å². The largest absolute Gasteiger partial charge is 0.378 e. The first-order chi connectivity index (χ1) is 12.1. The van der Waals surface area contributed by atoms with Crippen LogP contribution in [0.3, 0.4) is 0 Å². The minimum absolute atomic E-state index is 0.198. The normalized spacial score (nSPS) is 15.1. The van der Waals surface area contributed by atoms with Crippen LogP contribution in [-0.2, 0) is 9.53 Å². The molecule has 2 aromatic rings. The lowest BCUT2D eigenvalue weighted by Crippen LogP contribution is -2.44. The Balaban J connectivity index is 1.85. The Labute approximate surface area is 158 Å². The lowest BCUT2D eigenvalue weighted by molar-refractivity contribution is -0.131. The number of benzene rings is 1. The molecule has 0 bridgehead atoms. The summed E-state index contributed by atoms with van der Waals surface area (Å²) in [5, 5.41) is 4.60. The molecule has 1 aromatic heterocycles. The molecule has 1 aliphatic heterocycles. The second-order valence-electron chi connectivity index (χ2n) is 5.45. The second kappa shape index (κ2) is 8.42. The van der Waals surface area contributed by atoms with Gasteiger partial charge in [0, 0.05) is 17.6 Å². The molecule has 0 aliphatic carbocycles. The van der Waals surface area contributed by atoms with Gasteiger partial charge in [-0.25, -0.2) is 0 Å². The van der Waals surface area contributed by atoms with E-state index >= 15 is 0 Å². The first-order valence-electron chi connectivity index (χ1n) is 7.82. The molecule has 1 aromatic carbocycles. The fourth-order valence-electron chi connectivity index (χ4n) is 2.41. The summed E-state index contributed by atoms with van der Waals surface area (Å²) in [4.78, 5) is 27.5. The van der Waals surface area contributed by atoms with Crippen molar-refractivity contribution in [2.24, 2.45) is 0 Å². The number of morpholine rings is 1. The van der Waals surface area contributed by atoms with Crippen molar-refractivity contribution in [1.82, 2.24) is 10.2 Å². The van der Waals surface area contributed by atoms with Crippen LogP contribution in [0.1, 0.15) is 15.2 Å². The molecule has 2 heterocycles. The maximum atomic E-state index is 12.9. The number of halogens is 1. The van der Waals surface area contributed by atoms with E-state index in [0.717, 1.165) is 10.0 Å². The maximum absolute atomic E-state index is 12.9. The zero-order chi connectivity index (χ0) is 17.6. The number of thiophene rings is 1. The minimum atomic E-state index is -0.278. The van der Waals surface area contributed by atoms with Crippen LogP contribution in [0.4, 0.5) is 0 Å². The average Bonchev–Trinajstić information content (AvgIpc) is 3.18. The average molecular weight is 421 g/mol. The van der Waals surface area contributed by atoms with Gasteiger partial charge in [-0.2, -0.15) is 0 Å². The van der Waals surface area contributed by atoms with Crippen molar-refractivity contribution in [3.05, 3.63) is 62.4 Å². The topological polar surface area (TPSA) is 58.6 Å². The summed E-state index contributed by atoms with van der Waals surface area (Å²) in [6.07, 6.45) is 1.70. The van der Waals surface area contributed by atoms with Crippen molar-refractivity contribution in [2.75, 3.05) is 26.3 Å².